The largest absolute Gasteiger partial charge is 0.479 e. The van der Waals surface area contributed by atoms with Gasteiger partial charge in [-0.3, -0.25) is 4.79 Å². The van der Waals surface area contributed by atoms with Crippen LogP contribution in [-0.4, -0.2) is 51.2 Å². The molecule has 0 fully saturated rings. The van der Waals surface area contributed by atoms with Crippen LogP contribution in [-0.2, 0) is 14.3 Å². The molecule has 109 valence electrons. The lowest BCUT2D eigenvalue weighted by atomic mass is 10.3. The van der Waals surface area contributed by atoms with E-state index in [2.05, 4.69) is 4.98 Å². The van der Waals surface area contributed by atoms with Crippen molar-refractivity contribution < 1.29 is 19.4 Å². The van der Waals surface area contributed by atoms with Crippen molar-refractivity contribution in [2.45, 2.75) is 23.8 Å². The molecular formula is C13H13AlNO4S2. The SMILES string of the molecule is CCOC(CC(=O)Sc1nc2ccccc2s1)C(=O)O.[Al]. The smallest absolute Gasteiger partial charge is 0.333 e. The molecule has 21 heavy (non-hydrogen) atoms. The molecule has 0 bridgehead atoms. The van der Waals surface area contributed by atoms with E-state index in [1.54, 1.807) is 6.92 Å². The van der Waals surface area contributed by atoms with Crippen LogP contribution in [0, 0.1) is 0 Å². The zero-order chi connectivity index (χ0) is 14.5. The molecule has 0 saturated heterocycles. The van der Waals surface area contributed by atoms with Crippen LogP contribution >= 0.6 is 23.1 Å². The van der Waals surface area contributed by atoms with Gasteiger partial charge in [-0.15, -0.1) is 11.3 Å². The first kappa shape index (κ1) is 18.1. The molecule has 1 atom stereocenters. The monoisotopic (exact) mass is 338 g/mol. The number of aromatic nitrogens is 1. The summed E-state index contributed by atoms with van der Waals surface area (Å²) in [6.07, 6.45) is -1.25. The highest BCUT2D eigenvalue weighted by atomic mass is 32.2. The van der Waals surface area contributed by atoms with Crippen LogP contribution in [0.15, 0.2) is 28.6 Å². The molecule has 8 heteroatoms. The fourth-order valence-corrected chi connectivity index (χ4v) is 3.59. The molecule has 2 rings (SSSR count). The number of hydrogen-bond donors (Lipinski definition) is 1. The summed E-state index contributed by atoms with van der Waals surface area (Å²) >= 11 is 2.38. The topological polar surface area (TPSA) is 76.5 Å². The van der Waals surface area contributed by atoms with Crippen LogP contribution in [0.2, 0.25) is 0 Å². The maximum absolute atomic E-state index is 11.9. The molecule has 0 aliphatic heterocycles. The molecule has 0 saturated carbocycles. The third-order valence-electron chi connectivity index (χ3n) is 2.47. The number of thiazole rings is 1. The molecule has 5 nitrogen and oxygen atoms in total. The van der Waals surface area contributed by atoms with E-state index in [9.17, 15) is 9.59 Å². The van der Waals surface area contributed by atoms with Gasteiger partial charge in [-0.1, -0.05) is 12.1 Å². The van der Waals surface area contributed by atoms with Crippen molar-refractivity contribution in [3.05, 3.63) is 24.3 Å². The number of benzene rings is 1. The summed E-state index contributed by atoms with van der Waals surface area (Å²) in [4.78, 5) is 27.1. The molecule has 1 aromatic carbocycles. The summed E-state index contributed by atoms with van der Waals surface area (Å²) in [6, 6.07) is 7.60. The highest BCUT2D eigenvalue weighted by Crippen LogP contribution is 2.30. The van der Waals surface area contributed by atoms with Gasteiger partial charge in [0.1, 0.15) is 0 Å². The quantitative estimate of drug-likeness (QED) is 0.644. The summed E-state index contributed by atoms with van der Waals surface area (Å²) in [7, 11) is 0. The number of aliphatic carboxylic acids is 1. The minimum absolute atomic E-state index is 0. The molecule has 0 aliphatic carbocycles. The van der Waals surface area contributed by atoms with Crippen molar-refractivity contribution in [2.75, 3.05) is 6.61 Å². The Hall–Kier alpha value is -0.908. The van der Waals surface area contributed by atoms with Gasteiger partial charge in [0.05, 0.1) is 16.6 Å². The molecule has 1 heterocycles. The van der Waals surface area contributed by atoms with Gasteiger partial charge in [0.2, 0.25) is 0 Å². The van der Waals surface area contributed by atoms with Crippen molar-refractivity contribution in [1.29, 1.82) is 0 Å². The van der Waals surface area contributed by atoms with Crippen molar-refractivity contribution in [1.82, 2.24) is 4.98 Å². The predicted octanol–water partition coefficient (Wildman–Crippen LogP) is 2.41. The third-order valence-corrected chi connectivity index (χ3v) is 4.46. The summed E-state index contributed by atoms with van der Waals surface area (Å²) in [5.74, 6) is -1.12. The normalized spacial score (nSPS) is 11.9. The van der Waals surface area contributed by atoms with Gasteiger partial charge in [0.25, 0.3) is 0 Å². The number of hydrogen-bond acceptors (Lipinski definition) is 6. The second-order valence-corrected chi connectivity index (χ2v) is 6.24. The number of nitrogens with zero attached hydrogens (tertiary/aromatic N) is 1. The summed E-state index contributed by atoms with van der Waals surface area (Å²) in [6.45, 7) is 1.96. The van der Waals surface area contributed by atoms with Gasteiger partial charge in [-0.25, -0.2) is 9.78 Å². The molecule has 0 aliphatic rings. The number of rotatable bonds is 6. The Kier molecular flexibility index (Phi) is 7.36. The number of carboxylic acids is 1. The minimum Gasteiger partial charge on any atom is -0.479 e. The Bertz CT molecular complexity index is 598. The zero-order valence-electron chi connectivity index (χ0n) is 11.3. The lowest BCUT2D eigenvalue weighted by molar-refractivity contribution is -0.151. The van der Waals surface area contributed by atoms with E-state index in [4.69, 9.17) is 9.84 Å². The molecule has 1 N–H and O–H groups in total. The summed E-state index contributed by atoms with van der Waals surface area (Å²) in [5.41, 5.74) is 0.840. The van der Waals surface area contributed by atoms with E-state index in [1.807, 2.05) is 24.3 Å². The first-order valence-corrected chi connectivity index (χ1v) is 7.64. The van der Waals surface area contributed by atoms with Gasteiger partial charge < -0.3 is 9.84 Å². The predicted molar refractivity (Wildman–Crippen MR) is 83.9 cm³/mol. The lowest BCUT2D eigenvalue weighted by Crippen LogP contribution is -2.26. The Morgan fingerprint density at radius 3 is 2.76 bits per heavy atom. The molecule has 1 unspecified atom stereocenters. The van der Waals surface area contributed by atoms with Gasteiger partial charge in [-0.05, 0) is 30.8 Å². The maximum atomic E-state index is 11.9. The molecule has 1 aromatic heterocycles. The van der Waals surface area contributed by atoms with Gasteiger partial charge in [0.15, 0.2) is 15.6 Å². The second kappa shape index (κ2) is 8.51. The first-order chi connectivity index (χ1) is 9.60. The highest BCUT2D eigenvalue weighted by molar-refractivity contribution is 8.15. The van der Waals surface area contributed by atoms with E-state index in [0.717, 1.165) is 22.0 Å². The second-order valence-electron chi connectivity index (χ2n) is 3.91. The molecular weight excluding hydrogens is 325 g/mol. The van der Waals surface area contributed by atoms with Crippen LogP contribution in [0.25, 0.3) is 10.2 Å². The van der Waals surface area contributed by atoms with Crippen molar-refractivity contribution >= 4 is 61.8 Å². The van der Waals surface area contributed by atoms with E-state index in [-0.39, 0.29) is 35.5 Å². The fraction of sp³-hybridized carbons (Fsp3) is 0.308. The first-order valence-electron chi connectivity index (χ1n) is 6.00. The Morgan fingerprint density at radius 1 is 1.43 bits per heavy atom. The van der Waals surface area contributed by atoms with E-state index < -0.39 is 12.1 Å². The lowest BCUT2D eigenvalue weighted by Gasteiger charge is -2.10. The van der Waals surface area contributed by atoms with Gasteiger partial charge >= 0.3 is 5.97 Å². The number of carbonyl (C=O) groups is 2. The molecule has 3 radical (unpaired) electrons. The van der Waals surface area contributed by atoms with E-state index in [1.165, 1.54) is 11.3 Å². The Morgan fingerprint density at radius 2 is 2.14 bits per heavy atom. The molecule has 0 spiro atoms. The average molecular weight is 338 g/mol. The average Bonchev–Trinajstić information content (AvgIpc) is 2.79. The Balaban J connectivity index is 0.00000220. The summed E-state index contributed by atoms with van der Waals surface area (Å²) in [5, 5.41) is 8.67. The number of fused-ring (bicyclic) bond motifs is 1. The highest BCUT2D eigenvalue weighted by Gasteiger charge is 2.22. The number of carbonyl (C=O) groups excluding carboxylic acids is 1. The maximum Gasteiger partial charge on any atom is 0.333 e. The number of carboxylic acid groups (broad SMARTS) is 1. The zero-order valence-corrected chi connectivity index (χ0v) is 14.1. The minimum atomic E-state index is -1.12. The van der Waals surface area contributed by atoms with E-state index >= 15 is 0 Å². The Labute approximate surface area is 140 Å². The summed E-state index contributed by atoms with van der Waals surface area (Å²) < 4.78 is 6.64. The van der Waals surface area contributed by atoms with Crippen molar-refractivity contribution in [3.8, 4) is 0 Å². The van der Waals surface area contributed by atoms with Crippen LogP contribution in [0.5, 0.6) is 0 Å². The van der Waals surface area contributed by atoms with Crippen LogP contribution in [0.1, 0.15) is 13.3 Å². The third kappa shape index (κ3) is 5.09. The van der Waals surface area contributed by atoms with Gasteiger partial charge in [0, 0.05) is 24.0 Å². The molecule has 2 aromatic rings. The number of ether oxygens (including phenoxy) is 1. The number of para-hydroxylation sites is 1. The van der Waals surface area contributed by atoms with Gasteiger partial charge in [-0.2, -0.15) is 0 Å². The number of thioether (sulfide) groups is 1. The van der Waals surface area contributed by atoms with Crippen molar-refractivity contribution in [3.63, 3.8) is 0 Å². The standard InChI is InChI=1S/C13H13NO4S2.Al/c1-2-18-9(12(16)17)7-11(15)20-13-14-8-5-3-4-6-10(8)19-13;/h3-6,9H,2,7H2,1H3,(H,16,17);. The van der Waals surface area contributed by atoms with Crippen molar-refractivity contribution in [2.24, 2.45) is 0 Å². The van der Waals surface area contributed by atoms with E-state index in [0.29, 0.717) is 4.34 Å². The molecule has 0 amide bonds. The van der Waals surface area contributed by atoms with Crippen LogP contribution < -0.4 is 0 Å². The van der Waals surface area contributed by atoms with Crippen LogP contribution in [0.4, 0.5) is 0 Å². The van der Waals surface area contributed by atoms with Crippen LogP contribution in [0.3, 0.4) is 0 Å². The fourth-order valence-electron chi connectivity index (χ4n) is 1.60.